The number of aliphatic hydroxyl groups is 1. The second-order valence-corrected chi connectivity index (χ2v) is 6.08. The Morgan fingerprint density at radius 2 is 2.26 bits per heavy atom. The van der Waals surface area contributed by atoms with E-state index in [4.69, 9.17) is 0 Å². The molecule has 126 valence electrons. The highest BCUT2D eigenvalue weighted by Crippen LogP contribution is 2.22. The number of nitro groups is 1. The first-order chi connectivity index (χ1) is 10.9. The summed E-state index contributed by atoms with van der Waals surface area (Å²) >= 11 is 0. The number of aryl methyl sites for hydroxylation is 1. The molecule has 1 saturated heterocycles. The highest BCUT2D eigenvalue weighted by atomic mass is 16.6. The van der Waals surface area contributed by atoms with Gasteiger partial charge in [-0.1, -0.05) is 6.42 Å². The Hall–Kier alpha value is -1.99. The molecule has 1 aliphatic heterocycles. The maximum Gasteiger partial charge on any atom is 0.269 e. The van der Waals surface area contributed by atoms with Gasteiger partial charge in [-0.15, -0.1) is 0 Å². The number of rotatable bonds is 5. The van der Waals surface area contributed by atoms with Gasteiger partial charge in [-0.25, -0.2) is 0 Å². The second-order valence-electron chi connectivity index (χ2n) is 6.08. The van der Waals surface area contributed by atoms with Crippen molar-refractivity contribution < 1.29 is 14.8 Å². The molecule has 0 saturated carbocycles. The summed E-state index contributed by atoms with van der Waals surface area (Å²) in [6.07, 6.45) is 2.51. The fraction of sp³-hybridized carbons (Fsp3) is 0.562. The van der Waals surface area contributed by atoms with Crippen molar-refractivity contribution in [2.75, 3.05) is 18.4 Å². The number of hydrogen-bond acceptors (Lipinski definition) is 5. The summed E-state index contributed by atoms with van der Waals surface area (Å²) in [6.45, 7) is 4.48. The first-order valence-electron chi connectivity index (χ1n) is 7.85. The zero-order valence-corrected chi connectivity index (χ0v) is 13.5. The second kappa shape index (κ2) is 7.52. The maximum absolute atomic E-state index is 12.3. The lowest BCUT2D eigenvalue weighted by molar-refractivity contribution is -0.384. The Morgan fingerprint density at radius 1 is 1.52 bits per heavy atom. The predicted molar refractivity (Wildman–Crippen MR) is 87.4 cm³/mol. The molecule has 2 rings (SSSR count). The van der Waals surface area contributed by atoms with E-state index in [0.717, 1.165) is 25.8 Å². The third-order valence-corrected chi connectivity index (χ3v) is 4.26. The van der Waals surface area contributed by atoms with Gasteiger partial charge in [0.25, 0.3) is 5.69 Å². The van der Waals surface area contributed by atoms with Crippen LogP contribution in [-0.4, -0.2) is 46.1 Å². The molecule has 1 aromatic rings. The quantitative estimate of drug-likeness (QED) is 0.639. The minimum atomic E-state index is -0.468. The molecule has 0 radical (unpaired) electrons. The molecule has 1 aromatic carbocycles. The van der Waals surface area contributed by atoms with Gasteiger partial charge in [0.15, 0.2) is 0 Å². The minimum absolute atomic E-state index is 0.00528. The molecule has 2 atom stereocenters. The molecule has 0 aliphatic carbocycles. The van der Waals surface area contributed by atoms with Gasteiger partial charge in [0.05, 0.1) is 17.6 Å². The molecule has 0 spiro atoms. The summed E-state index contributed by atoms with van der Waals surface area (Å²) < 4.78 is 0. The summed E-state index contributed by atoms with van der Waals surface area (Å²) in [7, 11) is 0. The van der Waals surface area contributed by atoms with Crippen LogP contribution in [0.5, 0.6) is 0 Å². The Balaban J connectivity index is 2.00. The molecule has 2 unspecified atom stereocenters. The number of anilines is 1. The third-order valence-electron chi connectivity index (χ3n) is 4.26. The molecule has 1 fully saturated rings. The number of amides is 1. The van der Waals surface area contributed by atoms with E-state index in [9.17, 15) is 20.0 Å². The summed E-state index contributed by atoms with van der Waals surface area (Å²) in [6, 6.07) is 4.37. The van der Waals surface area contributed by atoms with Gasteiger partial charge >= 0.3 is 0 Å². The molecule has 0 bridgehead atoms. The van der Waals surface area contributed by atoms with Crippen LogP contribution in [0, 0.1) is 17.0 Å². The number of aliphatic hydroxyl groups excluding tert-OH is 1. The van der Waals surface area contributed by atoms with Crippen molar-refractivity contribution in [2.24, 2.45) is 0 Å². The van der Waals surface area contributed by atoms with Crippen molar-refractivity contribution in [3.63, 3.8) is 0 Å². The van der Waals surface area contributed by atoms with Gasteiger partial charge < -0.3 is 10.4 Å². The molecule has 0 aromatic heterocycles. The van der Waals surface area contributed by atoms with Crippen molar-refractivity contribution in [1.82, 2.24) is 4.90 Å². The molecule has 1 amide bonds. The van der Waals surface area contributed by atoms with E-state index in [1.165, 1.54) is 12.1 Å². The number of carbonyl (C=O) groups excluding carboxylic acids is 1. The van der Waals surface area contributed by atoms with Crippen LogP contribution in [-0.2, 0) is 4.79 Å². The van der Waals surface area contributed by atoms with Gasteiger partial charge in [0.1, 0.15) is 0 Å². The number of piperidine rings is 1. The van der Waals surface area contributed by atoms with Crippen LogP contribution in [0.15, 0.2) is 18.2 Å². The van der Waals surface area contributed by atoms with E-state index >= 15 is 0 Å². The van der Waals surface area contributed by atoms with Gasteiger partial charge in [0.2, 0.25) is 5.91 Å². The van der Waals surface area contributed by atoms with Crippen molar-refractivity contribution >= 4 is 17.3 Å². The van der Waals surface area contributed by atoms with Crippen molar-refractivity contribution in [3.8, 4) is 0 Å². The summed E-state index contributed by atoms with van der Waals surface area (Å²) in [5.74, 6) is -0.172. The molecule has 2 N–H and O–H groups in total. The molecule has 1 heterocycles. The molecular formula is C16H23N3O4. The number of nitrogens with zero attached hydrogens (tertiary/aromatic N) is 2. The SMILES string of the molecule is Cc1cc([N+](=O)[O-])ccc1NC(=O)CN1CCCCC1C(C)O. The lowest BCUT2D eigenvalue weighted by atomic mass is 9.98. The lowest BCUT2D eigenvalue weighted by Gasteiger charge is -2.36. The number of nitrogens with one attached hydrogen (secondary N) is 1. The van der Waals surface area contributed by atoms with Crippen LogP contribution >= 0.6 is 0 Å². The summed E-state index contributed by atoms with van der Waals surface area (Å²) in [4.78, 5) is 24.5. The Morgan fingerprint density at radius 3 is 2.87 bits per heavy atom. The number of carbonyl (C=O) groups is 1. The van der Waals surface area contributed by atoms with Crippen LogP contribution in [0.2, 0.25) is 0 Å². The number of likely N-dealkylation sites (tertiary alicyclic amines) is 1. The molecule has 7 nitrogen and oxygen atoms in total. The first kappa shape index (κ1) is 17.4. The summed E-state index contributed by atoms with van der Waals surface area (Å²) in [5.41, 5.74) is 1.23. The van der Waals surface area contributed by atoms with E-state index in [1.807, 2.05) is 4.90 Å². The molecule has 7 heteroatoms. The highest BCUT2D eigenvalue weighted by molar-refractivity contribution is 5.93. The maximum atomic E-state index is 12.3. The van der Waals surface area contributed by atoms with Gasteiger partial charge in [-0.05, 0) is 44.9 Å². The lowest BCUT2D eigenvalue weighted by Crippen LogP contribution is -2.48. The normalized spacial score (nSPS) is 20.0. The monoisotopic (exact) mass is 321 g/mol. The van der Waals surface area contributed by atoms with Crippen LogP contribution in [0.1, 0.15) is 31.7 Å². The number of non-ortho nitro benzene ring substituents is 1. The fourth-order valence-electron chi connectivity index (χ4n) is 3.04. The van der Waals surface area contributed by atoms with Crippen molar-refractivity contribution in [3.05, 3.63) is 33.9 Å². The Kier molecular flexibility index (Phi) is 5.68. The Labute approximate surface area is 135 Å². The van der Waals surface area contributed by atoms with E-state index in [2.05, 4.69) is 5.32 Å². The number of benzene rings is 1. The molecule has 1 aliphatic rings. The third kappa shape index (κ3) is 4.49. The van der Waals surface area contributed by atoms with E-state index in [1.54, 1.807) is 19.9 Å². The summed E-state index contributed by atoms with van der Waals surface area (Å²) in [5, 5.41) is 23.4. The largest absolute Gasteiger partial charge is 0.392 e. The van der Waals surface area contributed by atoms with Crippen molar-refractivity contribution in [1.29, 1.82) is 0 Å². The van der Waals surface area contributed by atoms with Crippen LogP contribution in [0.4, 0.5) is 11.4 Å². The highest BCUT2D eigenvalue weighted by Gasteiger charge is 2.27. The Bertz CT molecular complexity index is 589. The average molecular weight is 321 g/mol. The van der Waals surface area contributed by atoms with Gasteiger partial charge in [-0.2, -0.15) is 0 Å². The van der Waals surface area contributed by atoms with Crippen LogP contribution < -0.4 is 5.32 Å². The van der Waals surface area contributed by atoms with Gasteiger partial charge in [-0.3, -0.25) is 19.8 Å². The zero-order chi connectivity index (χ0) is 17.0. The fourth-order valence-corrected chi connectivity index (χ4v) is 3.04. The topological polar surface area (TPSA) is 95.7 Å². The molecular weight excluding hydrogens is 298 g/mol. The van der Waals surface area contributed by atoms with Crippen LogP contribution in [0.25, 0.3) is 0 Å². The van der Waals surface area contributed by atoms with Gasteiger partial charge in [0, 0.05) is 23.9 Å². The first-order valence-corrected chi connectivity index (χ1v) is 7.85. The molecule has 23 heavy (non-hydrogen) atoms. The van der Waals surface area contributed by atoms with E-state index < -0.39 is 11.0 Å². The smallest absolute Gasteiger partial charge is 0.269 e. The minimum Gasteiger partial charge on any atom is -0.392 e. The van der Waals surface area contributed by atoms with E-state index in [0.29, 0.717) is 11.3 Å². The number of nitro benzene ring substituents is 1. The standard InChI is InChI=1S/C16H23N3O4/c1-11-9-13(19(22)23)6-7-14(11)17-16(21)10-18-8-4-3-5-15(18)12(2)20/h6-7,9,12,15,20H,3-5,8,10H2,1-2H3,(H,17,21). The number of hydrogen-bond donors (Lipinski definition) is 2. The zero-order valence-electron chi connectivity index (χ0n) is 13.5. The van der Waals surface area contributed by atoms with E-state index in [-0.39, 0.29) is 24.2 Å². The van der Waals surface area contributed by atoms with Crippen molar-refractivity contribution in [2.45, 2.75) is 45.3 Å². The van der Waals surface area contributed by atoms with Crippen LogP contribution in [0.3, 0.4) is 0 Å². The predicted octanol–water partition coefficient (Wildman–Crippen LogP) is 2.08. The average Bonchev–Trinajstić information content (AvgIpc) is 2.49.